The Morgan fingerprint density at radius 1 is 1.15 bits per heavy atom. The maximum absolute atomic E-state index is 14.0. The van der Waals surface area contributed by atoms with Crippen LogP contribution in [0.1, 0.15) is 17.2 Å². The molecule has 0 aromatic heterocycles. The zero-order chi connectivity index (χ0) is 14.7. The van der Waals surface area contributed by atoms with Crippen molar-refractivity contribution in [1.82, 2.24) is 0 Å². The molecule has 1 unspecified atom stereocenters. The number of hydrogen-bond donors (Lipinski definition) is 1. The topological polar surface area (TPSA) is 44.5 Å². The second-order valence-corrected chi connectivity index (χ2v) is 5.08. The average Bonchev–Trinajstić information content (AvgIpc) is 2.46. The van der Waals surface area contributed by atoms with Crippen molar-refractivity contribution in [2.24, 2.45) is 5.73 Å². The number of ether oxygens (including phenoxy) is 2. The number of methoxy groups -OCH3 is 2. The highest BCUT2D eigenvalue weighted by molar-refractivity contribution is 9.10. The van der Waals surface area contributed by atoms with Gasteiger partial charge in [-0.3, -0.25) is 0 Å². The van der Waals surface area contributed by atoms with Crippen molar-refractivity contribution in [3.63, 3.8) is 0 Å². The van der Waals surface area contributed by atoms with Crippen LogP contribution in [0, 0.1) is 5.82 Å². The fourth-order valence-electron chi connectivity index (χ4n) is 2.05. The second kappa shape index (κ2) is 6.24. The Kier molecular flexibility index (Phi) is 4.62. The van der Waals surface area contributed by atoms with Crippen LogP contribution in [0.4, 0.5) is 4.39 Å². The Hall–Kier alpha value is -1.59. The highest BCUT2D eigenvalue weighted by atomic mass is 79.9. The van der Waals surface area contributed by atoms with E-state index in [4.69, 9.17) is 15.2 Å². The quantitative estimate of drug-likeness (QED) is 0.924. The van der Waals surface area contributed by atoms with E-state index in [-0.39, 0.29) is 5.82 Å². The van der Waals surface area contributed by atoms with Crippen LogP contribution in [-0.4, -0.2) is 14.2 Å². The maximum Gasteiger partial charge on any atom is 0.129 e. The molecule has 0 aliphatic heterocycles. The minimum Gasteiger partial charge on any atom is -0.497 e. The molecule has 0 saturated heterocycles. The molecule has 0 saturated carbocycles. The summed E-state index contributed by atoms with van der Waals surface area (Å²) in [6, 6.07) is 9.38. The van der Waals surface area contributed by atoms with Crippen molar-refractivity contribution in [3.8, 4) is 11.5 Å². The summed E-state index contributed by atoms with van der Waals surface area (Å²) in [5, 5.41) is 0. The average molecular weight is 340 g/mol. The molecule has 2 rings (SSSR count). The predicted molar refractivity (Wildman–Crippen MR) is 79.7 cm³/mol. The van der Waals surface area contributed by atoms with E-state index in [1.807, 2.05) is 0 Å². The molecule has 0 amide bonds. The number of benzene rings is 2. The maximum atomic E-state index is 14.0. The minimum absolute atomic E-state index is 0.364. The van der Waals surface area contributed by atoms with Crippen LogP contribution in [-0.2, 0) is 0 Å². The van der Waals surface area contributed by atoms with Crippen molar-refractivity contribution in [2.45, 2.75) is 6.04 Å². The Balaban J connectivity index is 2.55. The van der Waals surface area contributed by atoms with Gasteiger partial charge in [0.2, 0.25) is 0 Å². The summed E-state index contributed by atoms with van der Waals surface area (Å²) in [6.45, 7) is 0. The van der Waals surface area contributed by atoms with E-state index in [9.17, 15) is 4.39 Å². The lowest BCUT2D eigenvalue weighted by atomic mass is 9.98. The van der Waals surface area contributed by atoms with Gasteiger partial charge in [-0.2, -0.15) is 0 Å². The summed E-state index contributed by atoms with van der Waals surface area (Å²) in [6.07, 6.45) is 0. The van der Waals surface area contributed by atoms with Gasteiger partial charge in [0.15, 0.2) is 0 Å². The third-order valence-corrected chi connectivity index (χ3v) is 3.77. The monoisotopic (exact) mass is 339 g/mol. The van der Waals surface area contributed by atoms with Gasteiger partial charge in [-0.1, -0.05) is 22.0 Å². The van der Waals surface area contributed by atoms with Crippen LogP contribution in [0.3, 0.4) is 0 Å². The van der Waals surface area contributed by atoms with Gasteiger partial charge in [-0.15, -0.1) is 0 Å². The fourth-order valence-corrected chi connectivity index (χ4v) is 2.63. The summed E-state index contributed by atoms with van der Waals surface area (Å²) in [4.78, 5) is 0. The number of nitrogens with two attached hydrogens (primary N) is 1. The van der Waals surface area contributed by atoms with Crippen molar-refractivity contribution in [3.05, 3.63) is 57.8 Å². The standard InChI is InChI=1S/C15H15BrFNO2/c1-19-9-6-7-13(20-2)10(8-9)15(18)14-11(16)4-3-5-12(14)17/h3-8,15H,18H2,1-2H3. The van der Waals surface area contributed by atoms with Crippen LogP contribution >= 0.6 is 15.9 Å². The van der Waals surface area contributed by atoms with E-state index in [1.165, 1.54) is 6.07 Å². The van der Waals surface area contributed by atoms with Crippen molar-refractivity contribution >= 4 is 15.9 Å². The van der Waals surface area contributed by atoms with Crippen LogP contribution < -0.4 is 15.2 Å². The van der Waals surface area contributed by atoms with Crippen molar-refractivity contribution < 1.29 is 13.9 Å². The molecule has 2 aromatic rings. The van der Waals surface area contributed by atoms with Gasteiger partial charge < -0.3 is 15.2 Å². The molecule has 2 N–H and O–H groups in total. The highest BCUT2D eigenvalue weighted by Crippen LogP contribution is 2.35. The van der Waals surface area contributed by atoms with Gasteiger partial charge in [0, 0.05) is 15.6 Å². The molecule has 0 radical (unpaired) electrons. The third-order valence-electron chi connectivity index (χ3n) is 3.08. The third kappa shape index (κ3) is 2.78. The molecule has 0 fully saturated rings. The Labute approximate surface area is 125 Å². The Morgan fingerprint density at radius 3 is 2.50 bits per heavy atom. The molecule has 20 heavy (non-hydrogen) atoms. The molecule has 0 aliphatic rings. The Morgan fingerprint density at radius 2 is 1.90 bits per heavy atom. The van der Waals surface area contributed by atoms with E-state index >= 15 is 0 Å². The first-order valence-electron chi connectivity index (χ1n) is 6.00. The van der Waals surface area contributed by atoms with Gasteiger partial charge >= 0.3 is 0 Å². The van der Waals surface area contributed by atoms with E-state index < -0.39 is 6.04 Å². The zero-order valence-corrected chi connectivity index (χ0v) is 12.8. The molecule has 0 heterocycles. The fraction of sp³-hybridized carbons (Fsp3) is 0.200. The summed E-state index contributed by atoms with van der Waals surface area (Å²) in [7, 11) is 3.12. The lowest BCUT2D eigenvalue weighted by Crippen LogP contribution is -2.15. The molecule has 5 heteroatoms. The zero-order valence-electron chi connectivity index (χ0n) is 11.2. The van der Waals surface area contributed by atoms with Crippen molar-refractivity contribution in [1.29, 1.82) is 0 Å². The van der Waals surface area contributed by atoms with E-state index in [2.05, 4.69) is 15.9 Å². The first kappa shape index (κ1) is 14.8. The summed E-state index contributed by atoms with van der Waals surface area (Å²) in [5.41, 5.74) is 7.26. The molecule has 0 aliphatic carbocycles. The van der Waals surface area contributed by atoms with Crippen LogP contribution in [0.15, 0.2) is 40.9 Å². The molecule has 0 spiro atoms. The number of rotatable bonds is 4. The van der Waals surface area contributed by atoms with Gasteiger partial charge in [0.1, 0.15) is 17.3 Å². The van der Waals surface area contributed by atoms with E-state index in [1.54, 1.807) is 44.6 Å². The minimum atomic E-state index is -0.657. The smallest absolute Gasteiger partial charge is 0.129 e. The molecule has 106 valence electrons. The Bertz CT molecular complexity index is 599. The molecule has 0 bridgehead atoms. The first-order chi connectivity index (χ1) is 9.58. The highest BCUT2D eigenvalue weighted by Gasteiger charge is 2.20. The number of hydrogen-bond acceptors (Lipinski definition) is 3. The molecular weight excluding hydrogens is 325 g/mol. The van der Waals surface area contributed by atoms with E-state index in [0.29, 0.717) is 27.1 Å². The largest absolute Gasteiger partial charge is 0.497 e. The molecule has 2 aromatic carbocycles. The number of halogens is 2. The van der Waals surface area contributed by atoms with E-state index in [0.717, 1.165) is 0 Å². The predicted octanol–water partition coefficient (Wildman–Crippen LogP) is 3.65. The van der Waals surface area contributed by atoms with Crippen LogP contribution in [0.25, 0.3) is 0 Å². The summed E-state index contributed by atoms with van der Waals surface area (Å²) < 4.78 is 25.1. The van der Waals surface area contributed by atoms with Gasteiger partial charge in [-0.05, 0) is 30.3 Å². The SMILES string of the molecule is COc1ccc(OC)c(C(N)c2c(F)cccc2Br)c1. The molecular formula is C15H15BrFNO2. The van der Waals surface area contributed by atoms with Gasteiger partial charge in [0.05, 0.1) is 20.3 Å². The normalized spacial score (nSPS) is 12.1. The second-order valence-electron chi connectivity index (χ2n) is 4.22. The van der Waals surface area contributed by atoms with Gasteiger partial charge in [-0.25, -0.2) is 4.39 Å². The molecule has 3 nitrogen and oxygen atoms in total. The van der Waals surface area contributed by atoms with Crippen LogP contribution in [0.2, 0.25) is 0 Å². The van der Waals surface area contributed by atoms with Crippen LogP contribution in [0.5, 0.6) is 11.5 Å². The van der Waals surface area contributed by atoms with Gasteiger partial charge in [0.25, 0.3) is 0 Å². The lowest BCUT2D eigenvalue weighted by Gasteiger charge is -2.19. The molecule has 1 atom stereocenters. The van der Waals surface area contributed by atoms with Crippen molar-refractivity contribution in [2.75, 3.05) is 14.2 Å². The summed E-state index contributed by atoms with van der Waals surface area (Å²) in [5.74, 6) is 0.869. The summed E-state index contributed by atoms with van der Waals surface area (Å²) >= 11 is 3.34. The first-order valence-corrected chi connectivity index (χ1v) is 6.79. The lowest BCUT2D eigenvalue weighted by molar-refractivity contribution is 0.396.